The van der Waals surface area contributed by atoms with Gasteiger partial charge in [0.25, 0.3) is 0 Å². The van der Waals surface area contributed by atoms with Crippen LogP contribution in [0.5, 0.6) is 0 Å². The molecule has 0 unspecified atom stereocenters. The van der Waals surface area contributed by atoms with Gasteiger partial charge in [-0.1, -0.05) is 24.6 Å². The molecule has 1 fully saturated rings. The number of aromatic nitrogens is 1. The van der Waals surface area contributed by atoms with E-state index in [9.17, 15) is 13.2 Å². The Kier molecular flexibility index (Phi) is 6.43. The average molecular weight is 446 g/mol. The molecular weight excluding hydrogens is 422 g/mol. The number of rotatable bonds is 7. The molecule has 2 heterocycles. The molecule has 1 N–H and O–H groups in total. The van der Waals surface area contributed by atoms with Crippen molar-refractivity contribution >= 4 is 43.2 Å². The number of anilines is 1. The van der Waals surface area contributed by atoms with Gasteiger partial charge in [-0.05, 0) is 43.2 Å². The first-order valence-electron chi connectivity index (χ1n) is 9.85. The number of hydrogen-bond acceptors (Lipinski definition) is 6. The van der Waals surface area contributed by atoms with E-state index >= 15 is 0 Å². The Morgan fingerprint density at radius 2 is 1.90 bits per heavy atom. The Morgan fingerprint density at radius 1 is 1.10 bits per heavy atom. The summed E-state index contributed by atoms with van der Waals surface area (Å²) < 4.78 is 33.7. The molecule has 0 atom stereocenters. The van der Waals surface area contributed by atoms with Crippen LogP contribution >= 0.6 is 11.3 Å². The molecule has 30 heavy (non-hydrogen) atoms. The molecule has 9 heteroatoms. The second-order valence-electron chi connectivity index (χ2n) is 7.11. The zero-order valence-corrected chi connectivity index (χ0v) is 18.0. The van der Waals surface area contributed by atoms with Gasteiger partial charge >= 0.3 is 0 Å². The minimum atomic E-state index is -3.54. The lowest BCUT2D eigenvalue weighted by molar-refractivity contribution is -0.121. The lowest BCUT2D eigenvalue weighted by Gasteiger charge is -2.26. The van der Waals surface area contributed by atoms with Gasteiger partial charge in [0, 0.05) is 18.8 Å². The average Bonchev–Trinajstić information content (AvgIpc) is 3.17. The van der Waals surface area contributed by atoms with Gasteiger partial charge in [-0.2, -0.15) is 4.31 Å². The minimum absolute atomic E-state index is 0.140. The summed E-state index contributed by atoms with van der Waals surface area (Å²) in [5.41, 5.74) is 1.35. The van der Waals surface area contributed by atoms with E-state index in [1.807, 2.05) is 24.3 Å². The molecule has 0 saturated carbocycles. The van der Waals surface area contributed by atoms with E-state index in [2.05, 4.69) is 10.3 Å². The molecule has 158 valence electrons. The molecule has 1 amide bonds. The van der Waals surface area contributed by atoms with Crippen molar-refractivity contribution in [3.63, 3.8) is 0 Å². The quantitative estimate of drug-likeness (QED) is 0.600. The lowest BCUT2D eigenvalue weighted by atomic mass is 10.2. The SMILES string of the molecule is O=C(COCc1nc2ccccc2s1)Nc1cccc(S(=O)(=O)N2CCCCC2)c1. The molecule has 7 nitrogen and oxygen atoms in total. The highest BCUT2D eigenvalue weighted by Crippen LogP contribution is 2.23. The van der Waals surface area contributed by atoms with Gasteiger partial charge in [0.1, 0.15) is 11.6 Å². The number of hydrogen-bond donors (Lipinski definition) is 1. The first-order valence-corrected chi connectivity index (χ1v) is 12.1. The number of carbonyl (C=O) groups is 1. The standard InChI is InChI=1S/C21H23N3O4S2/c25-20(14-28-15-21-23-18-9-2-3-10-19(18)29-21)22-16-7-6-8-17(13-16)30(26,27)24-11-4-1-5-12-24/h2-3,6-10,13H,1,4-5,11-12,14-15H2,(H,22,25). The van der Waals surface area contributed by atoms with Crippen molar-refractivity contribution in [3.05, 3.63) is 53.5 Å². The fourth-order valence-electron chi connectivity index (χ4n) is 3.40. The van der Waals surface area contributed by atoms with Gasteiger partial charge in [-0.3, -0.25) is 4.79 Å². The molecule has 0 spiro atoms. The topological polar surface area (TPSA) is 88.6 Å². The van der Waals surface area contributed by atoms with Crippen LogP contribution in [0, 0.1) is 0 Å². The van der Waals surface area contributed by atoms with Crippen LogP contribution < -0.4 is 5.32 Å². The van der Waals surface area contributed by atoms with Crippen LogP contribution in [0.2, 0.25) is 0 Å². The highest BCUT2D eigenvalue weighted by molar-refractivity contribution is 7.89. The smallest absolute Gasteiger partial charge is 0.250 e. The maximum Gasteiger partial charge on any atom is 0.250 e. The summed E-state index contributed by atoms with van der Waals surface area (Å²) in [6.45, 7) is 1.19. The Labute approximate surface area is 179 Å². The molecule has 2 aromatic carbocycles. The van der Waals surface area contributed by atoms with E-state index in [1.165, 1.54) is 21.7 Å². The number of sulfonamides is 1. The minimum Gasteiger partial charge on any atom is -0.364 e. The number of carbonyl (C=O) groups excluding carboxylic acids is 1. The second kappa shape index (κ2) is 9.22. The van der Waals surface area contributed by atoms with Crippen LogP contribution in [0.15, 0.2) is 53.4 Å². The van der Waals surface area contributed by atoms with Gasteiger partial charge < -0.3 is 10.1 Å². The molecule has 1 aliphatic heterocycles. The van der Waals surface area contributed by atoms with Crippen molar-refractivity contribution in [2.45, 2.75) is 30.8 Å². The van der Waals surface area contributed by atoms with Crippen LogP contribution in [0.4, 0.5) is 5.69 Å². The first kappa shape index (κ1) is 20.9. The van der Waals surface area contributed by atoms with Crippen molar-refractivity contribution in [1.82, 2.24) is 9.29 Å². The van der Waals surface area contributed by atoms with Crippen LogP contribution in [0.3, 0.4) is 0 Å². The normalized spacial score (nSPS) is 15.3. The largest absolute Gasteiger partial charge is 0.364 e. The van der Waals surface area contributed by atoms with Crippen molar-refractivity contribution in [2.75, 3.05) is 25.0 Å². The fourth-order valence-corrected chi connectivity index (χ4v) is 5.87. The first-order chi connectivity index (χ1) is 14.5. The van der Waals surface area contributed by atoms with Crippen molar-refractivity contribution in [2.24, 2.45) is 0 Å². The number of ether oxygens (including phenoxy) is 1. The van der Waals surface area contributed by atoms with E-state index in [1.54, 1.807) is 18.2 Å². The van der Waals surface area contributed by atoms with Crippen LogP contribution in [-0.4, -0.2) is 43.3 Å². The third-order valence-corrected chi connectivity index (χ3v) is 7.77. The second-order valence-corrected chi connectivity index (χ2v) is 10.2. The zero-order valence-electron chi connectivity index (χ0n) is 16.4. The third-order valence-electron chi connectivity index (χ3n) is 4.87. The number of nitrogens with one attached hydrogen (secondary N) is 1. The fraction of sp³-hybridized carbons (Fsp3) is 0.333. The van der Waals surface area contributed by atoms with E-state index in [0.29, 0.717) is 18.8 Å². The predicted molar refractivity (Wildman–Crippen MR) is 117 cm³/mol. The van der Waals surface area contributed by atoms with Crippen LogP contribution in [0.1, 0.15) is 24.3 Å². The maximum atomic E-state index is 12.8. The van der Waals surface area contributed by atoms with Crippen LogP contribution in [-0.2, 0) is 26.2 Å². The Balaban J connectivity index is 1.33. The Hall–Kier alpha value is -2.33. The number of fused-ring (bicyclic) bond motifs is 1. The summed E-state index contributed by atoms with van der Waals surface area (Å²) in [6, 6.07) is 14.2. The van der Waals surface area contributed by atoms with Crippen LogP contribution in [0.25, 0.3) is 10.2 Å². The molecule has 1 aromatic heterocycles. The predicted octanol–water partition coefficient (Wildman–Crippen LogP) is 3.63. The van der Waals surface area contributed by atoms with E-state index in [-0.39, 0.29) is 24.0 Å². The highest BCUT2D eigenvalue weighted by Gasteiger charge is 2.26. The van der Waals surface area contributed by atoms with Gasteiger partial charge in [-0.25, -0.2) is 13.4 Å². The summed E-state index contributed by atoms with van der Waals surface area (Å²) in [7, 11) is -3.54. The maximum absolute atomic E-state index is 12.8. The molecule has 0 radical (unpaired) electrons. The summed E-state index contributed by atoms with van der Waals surface area (Å²) in [5, 5.41) is 3.51. The Bertz CT molecular complexity index is 1100. The zero-order chi connectivity index (χ0) is 21.0. The summed E-state index contributed by atoms with van der Waals surface area (Å²) >= 11 is 1.53. The van der Waals surface area contributed by atoms with Gasteiger partial charge in [-0.15, -0.1) is 11.3 Å². The number of piperidine rings is 1. The number of nitrogens with zero attached hydrogens (tertiary/aromatic N) is 2. The molecule has 3 aromatic rings. The molecule has 4 rings (SSSR count). The summed E-state index contributed by atoms with van der Waals surface area (Å²) in [5.74, 6) is -0.344. The highest BCUT2D eigenvalue weighted by atomic mass is 32.2. The molecule has 1 saturated heterocycles. The lowest BCUT2D eigenvalue weighted by Crippen LogP contribution is -2.35. The number of para-hydroxylation sites is 1. The molecular formula is C21H23N3O4S2. The van der Waals surface area contributed by atoms with E-state index in [4.69, 9.17) is 4.74 Å². The number of amides is 1. The molecule has 0 aliphatic carbocycles. The number of benzene rings is 2. The summed E-state index contributed by atoms with van der Waals surface area (Å²) in [4.78, 5) is 16.9. The third kappa shape index (κ3) is 4.86. The monoisotopic (exact) mass is 445 g/mol. The Morgan fingerprint density at radius 3 is 2.70 bits per heavy atom. The van der Waals surface area contributed by atoms with E-state index in [0.717, 1.165) is 34.5 Å². The molecule has 1 aliphatic rings. The molecule has 0 bridgehead atoms. The van der Waals surface area contributed by atoms with Crippen molar-refractivity contribution in [1.29, 1.82) is 0 Å². The summed E-state index contributed by atoms with van der Waals surface area (Å²) in [6.07, 6.45) is 2.81. The van der Waals surface area contributed by atoms with Gasteiger partial charge in [0.15, 0.2) is 0 Å². The van der Waals surface area contributed by atoms with Crippen molar-refractivity contribution in [3.8, 4) is 0 Å². The van der Waals surface area contributed by atoms with Crippen molar-refractivity contribution < 1.29 is 17.9 Å². The number of thiazole rings is 1. The van der Waals surface area contributed by atoms with E-state index < -0.39 is 10.0 Å². The van der Waals surface area contributed by atoms with Gasteiger partial charge in [0.05, 0.1) is 21.7 Å². The van der Waals surface area contributed by atoms with Gasteiger partial charge in [0.2, 0.25) is 15.9 Å².